The van der Waals surface area contributed by atoms with E-state index >= 15 is 0 Å². The lowest BCUT2D eigenvalue weighted by Crippen LogP contribution is -2.26. The number of allylic oxidation sites excluding steroid dienone is 1. The van der Waals surface area contributed by atoms with Gasteiger partial charge in [-0.05, 0) is 29.7 Å². The lowest BCUT2D eigenvalue weighted by molar-refractivity contribution is -0.113. The average molecular weight is 540 g/mol. The predicted octanol–water partition coefficient (Wildman–Crippen LogP) is 5.63. The zero-order valence-corrected chi connectivity index (χ0v) is 21.5. The Morgan fingerprint density at radius 2 is 1.83 bits per heavy atom. The summed E-state index contributed by atoms with van der Waals surface area (Å²) in [6.07, 6.45) is 2.19. The van der Waals surface area contributed by atoms with Gasteiger partial charge in [-0.25, -0.2) is 0 Å². The van der Waals surface area contributed by atoms with Crippen LogP contribution in [0.4, 0.5) is 5.69 Å². The smallest absolute Gasteiger partial charge is 0.251 e. The van der Waals surface area contributed by atoms with Gasteiger partial charge in [0.05, 0.1) is 15.8 Å². The van der Waals surface area contributed by atoms with Crippen molar-refractivity contribution in [1.29, 1.82) is 0 Å². The van der Waals surface area contributed by atoms with Crippen LogP contribution in [0.1, 0.15) is 16.2 Å². The largest absolute Gasteiger partial charge is 0.352 e. The Balaban J connectivity index is 1.35. The summed E-state index contributed by atoms with van der Waals surface area (Å²) < 4.78 is 1.88. The summed E-state index contributed by atoms with van der Waals surface area (Å²) in [4.78, 5) is 25.1. The molecule has 0 saturated carbocycles. The molecule has 2 amide bonds. The van der Waals surface area contributed by atoms with E-state index in [0.29, 0.717) is 46.1 Å². The Bertz CT molecular complexity index is 1420. The summed E-state index contributed by atoms with van der Waals surface area (Å²) in [5, 5.41) is 17.7. The van der Waals surface area contributed by atoms with Crippen molar-refractivity contribution in [1.82, 2.24) is 20.1 Å². The Hall–Kier alpha value is -3.33. The average Bonchev–Trinajstić information content (AvgIpc) is 3.26. The third-order valence-corrected chi connectivity index (χ3v) is 7.02. The van der Waals surface area contributed by atoms with Gasteiger partial charge < -0.3 is 15.2 Å². The molecule has 4 aromatic rings. The molecule has 1 aromatic heterocycles. The second-order valence-electron chi connectivity index (χ2n) is 7.80. The minimum atomic E-state index is -0.261. The van der Waals surface area contributed by atoms with Crippen LogP contribution in [0.25, 0.3) is 10.8 Å². The van der Waals surface area contributed by atoms with E-state index in [-0.39, 0.29) is 17.6 Å². The van der Waals surface area contributed by atoms with Gasteiger partial charge in [0.25, 0.3) is 5.91 Å². The van der Waals surface area contributed by atoms with E-state index < -0.39 is 0 Å². The summed E-state index contributed by atoms with van der Waals surface area (Å²) in [6, 6.07) is 18.4. The molecule has 36 heavy (non-hydrogen) atoms. The van der Waals surface area contributed by atoms with Crippen molar-refractivity contribution >= 4 is 63.2 Å². The normalized spacial score (nSPS) is 10.8. The first-order valence-electron chi connectivity index (χ1n) is 11.1. The van der Waals surface area contributed by atoms with Gasteiger partial charge in [-0.15, -0.1) is 16.8 Å². The van der Waals surface area contributed by atoms with Crippen LogP contribution in [0.3, 0.4) is 0 Å². The van der Waals surface area contributed by atoms with E-state index in [1.165, 1.54) is 17.8 Å². The van der Waals surface area contributed by atoms with Crippen molar-refractivity contribution in [3.63, 3.8) is 0 Å². The van der Waals surface area contributed by atoms with Crippen LogP contribution in [0.2, 0.25) is 10.0 Å². The van der Waals surface area contributed by atoms with E-state index in [0.717, 1.165) is 16.5 Å². The van der Waals surface area contributed by atoms with Crippen LogP contribution in [0.5, 0.6) is 0 Å². The number of hydrogen-bond acceptors (Lipinski definition) is 5. The number of thioether (sulfide) groups is 1. The number of benzene rings is 3. The van der Waals surface area contributed by atoms with Crippen LogP contribution >= 0.6 is 35.0 Å². The summed E-state index contributed by atoms with van der Waals surface area (Å²) in [5.41, 5.74) is 1.19. The fourth-order valence-corrected chi connectivity index (χ4v) is 4.67. The standard InChI is InChI=1S/C26H23Cl2N5O2S/c1-2-14-33-23(12-13-29-25(35)18-10-11-20(27)21(28)15-18)31-32-26(33)36-16-24(34)30-22-9-5-7-17-6-3-4-8-19(17)22/h2-11,15H,1,12-14,16H2,(H,29,35)(H,30,34). The number of anilines is 1. The van der Waals surface area contributed by atoms with E-state index in [9.17, 15) is 9.59 Å². The van der Waals surface area contributed by atoms with E-state index in [4.69, 9.17) is 23.2 Å². The lowest BCUT2D eigenvalue weighted by Gasteiger charge is -2.10. The molecule has 7 nitrogen and oxygen atoms in total. The first-order valence-corrected chi connectivity index (χ1v) is 12.9. The van der Waals surface area contributed by atoms with Crippen molar-refractivity contribution in [2.24, 2.45) is 0 Å². The molecule has 1 heterocycles. The Morgan fingerprint density at radius 3 is 2.64 bits per heavy atom. The van der Waals surface area contributed by atoms with Crippen molar-refractivity contribution < 1.29 is 9.59 Å². The third kappa shape index (κ3) is 6.26. The molecule has 0 aliphatic rings. The zero-order valence-electron chi connectivity index (χ0n) is 19.2. The number of amides is 2. The maximum absolute atomic E-state index is 12.7. The summed E-state index contributed by atoms with van der Waals surface area (Å²) >= 11 is 13.2. The summed E-state index contributed by atoms with van der Waals surface area (Å²) in [5.74, 6) is 0.455. The minimum absolute atomic E-state index is 0.139. The highest BCUT2D eigenvalue weighted by atomic mass is 35.5. The van der Waals surface area contributed by atoms with Gasteiger partial charge in [0, 0.05) is 36.1 Å². The van der Waals surface area contributed by atoms with Crippen molar-refractivity contribution in [2.75, 3.05) is 17.6 Å². The number of fused-ring (bicyclic) bond motifs is 1. The molecule has 0 aliphatic heterocycles. The molecule has 0 fully saturated rings. The van der Waals surface area contributed by atoms with Gasteiger partial charge in [-0.3, -0.25) is 9.59 Å². The molecule has 0 unspecified atom stereocenters. The number of halogens is 2. The maximum Gasteiger partial charge on any atom is 0.251 e. The number of nitrogens with one attached hydrogen (secondary N) is 2. The molecule has 0 saturated heterocycles. The Labute approximate surface area is 222 Å². The fourth-order valence-electron chi connectivity index (χ4n) is 3.60. The van der Waals surface area contributed by atoms with Crippen LogP contribution in [0.15, 0.2) is 78.5 Å². The second-order valence-corrected chi connectivity index (χ2v) is 9.55. The van der Waals surface area contributed by atoms with Gasteiger partial charge in [-0.1, -0.05) is 77.4 Å². The van der Waals surface area contributed by atoms with Crippen LogP contribution < -0.4 is 10.6 Å². The van der Waals surface area contributed by atoms with Crippen LogP contribution in [-0.4, -0.2) is 38.9 Å². The molecule has 3 aromatic carbocycles. The van der Waals surface area contributed by atoms with E-state index in [2.05, 4.69) is 27.4 Å². The van der Waals surface area contributed by atoms with Crippen LogP contribution in [0, 0.1) is 0 Å². The SMILES string of the molecule is C=CCn1c(CCNC(=O)c2ccc(Cl)c(Cl)c2)nnc1SCC(=O)Nc1cccc2ccccc12. The molecular formula is C26H23Cl2N5O2S. The fraction of sp³-hybridized carbons (Fsp3) is 0.154. The molecule has 0 radical (unpaired) electrons. The van der Waals surface area contributed by atoms with E-state index in [1.807, 2.05) is 47.0 Å². The Kier molecular flexibility index (Phi) is 8.64. The van der Waals surface area contributed by atoms with Crippen LogP contribution in [-0.2, 0) is 17.8 Å². The predicted molar refractivity (Wildman–Crippen MR) is 146 cm³/mol. The molecular weight excluding hydrogens is 517 g/mol. The highest BCUT2D eigenvalue weighted by molar-refractivity contribution is 7.99. The van der Waals surface area contributed by atoms with Crippen molar-refractivity contribution in [3.8, 4) is 0 Å². The molecule has 4 rings (SSSR count). The zero-order chi connectivity index (χ0) is 25.5. The monoisotopic (exact) mass is 539 g/mol. The van der Waals surface area contributed by atoms with Gasteiger partial charge in [0.15, 0.2) is 5.16 Å². The molecule has 184 valence electrons. The van der Waals surface area contributed by atoms with Gasteiger partial charge in [0.2, 0.25) is 5.91 Å². The number of hydrogen-bond donors (Lipinski definition) is 2. The molecule has 0 bridgehead atoms. The number of carbonyl (C=O) groups is 2. The first-order chi connectivity index (χ1) is 17.5. The van der Waals surface area contributed by atoms with E-state index in [1.54, 1.807) is 18.2 Å². The molecule has 0 spiro atoms. The number of nitrogens with zero attached hydrogens (tertiary/aromatic N) is 3. The maximum atomic E-state index is 12.7. The number of rotatable bonds is 10. The molecule has 0 aliphatic carbocycles. The highest BCUT2D eigenvalue weighted by Gasteiger charge is 2.15. The summed E-state index contributed by atoms with van der Waals surface area (Å²) in [6.45, 7) is 4.63. The summed E-state index contributed by atoms with van der Waals surface area (Å²) in [7, 11) is 0. The van der Waals surface area contributed by atoms with Crippen molar-refractivity contribution in [2.45, 2.75) is 18.1 Å². The van der Waals surface area contributed by atoms with Gasteiger partial charge in [0.1, 0.15) is 5.82 Å². The lowest BCUT2D eigenvalue weighted by atomic mass is 10.1. The molecule has 0 atom stereocenters. The first kappa shape index (κ1) is 25.8. The van der Waals surface area contributed by atoms with Gasteiger partial charge >= 0.3 is 0 Å². The topological polar surface area (TPSA) is 88.9 Å². The Morgan fingerprint density at radius 1 is 1.03 bits per heavy atom. The highest BCUT2D eigenvalue weighted by Crippen LogP contribution is 2.24. The number of carbonyl (C=O) groups excluding carboxylic acids is 2. The third-order valence-electron chi connectivity index (χ3n) is 5.32. The molecule has 2 N–H and O–H groups in total. The number of aromatic nitrogens is 3. The van der Waals surface area contributed by atoms with Gasteiger partial charge in [-0.2, -0.15) is 0 Å². The second kappa shape index (κ2) is 12.1. The quantitative estimate of drug-likeness (QED) is 0.201. The minimum Gasteiger partial charge on any atom is -0.352 e. The molecule has 10 heteroatoms. The van der Waals surface area contributed by atoms with Crippen molar-refractivity contribution in [3.05, 3.63) is 94.8 Å².